The third-order valence-electron chi connectivity index (χ3n) is 2.79. The van der Waals surface area contributed by atoms with Gasteiger partial charge in [-0.05, 0) is 24.8 Å². The van der Waals surface area contributed by atoms with Crippen LogP contribution in [0.25, 0.3) is 10.8 Å². The summed E-state index contributed by atoms with van der Waals surface area (Å²) >= 11 is 0. The maximum atomic E-state index is 11.1. The number of benzene rings is 2. The standard InChI is InChI=1S/C12H10N2O4/c1-7-5-9-4-3-8(2)12(14(17)18)11(9)10(6-7)13(15)16/h3-6H,1-2H3. The molecule has 6 nitrogen and oxygen atoms in total. The molecule has 2 rings (SSSR count). The van der Waals surface area contributed by atoms with Gasteiger partial charge in [-0.2, -0.15) is 0 Å². The highest BCUT2D eigenvalue weighted by Gasteiger charge is 2.24. The summed E-state index contributed by atoms with van der Waals surface area (Å²) < 4.78 is 0. The molecule has 0 aliphatic rings. The lowest BCUT2D eigenvalue weighted by atomic mass is 10.0. The van der Waals surface area contributed by atoms with Crippen LogP contribution in [0.2, 0.25) is 0 Å². The average Bonchev–Trinajstić information content (AvgIpc) is 2.27. The van der Waals surface area contributed by atoms with Gasteiger partial charge in [0.25, 0.3) is 11.4 Å². The Labute approximate surface area is 102 Å². The second kappa shape index (κ2) is 4.06. The van der Waals surface area contributed by atoms with Gasteiger partial charge in [0.1, 0.15) is 5.39 Å². The third-order valence-corrected chi connectivity index (χ3v) is 2.79. The molecule has 0 unspecified atom stereocenters. The summed E-state index contributed by atoms with van der Waals surface area (Å²) in [6.07, 6.45) is 0. The van der Waals surface area contributed by atoms with E-state index in [9.17, 15) is 20.2 Å². The quantitative estimate of drug-likeness (QED) is 0.601. The minimum Gasteiger partial charge on any atom is -0.258 e. The number of hydrogen-bond acceptors (Lipinski definition) is 4. The van der Waals surface area contributed by atoms with Crippen molar-refractivity contribution in [2.75, 3.05) is 0 Å². The van der Waals surface area contributed by atoms with Gasteiger partial charge in [0.05, 0.1) is 9.85 Å². The molecule has 0 atom stereocenters. The molecule has 0 heterocycles. The van der Waals surface area contributed by atoms with Gasteiger partial charge in [0.15, 0.2) is 0 Å². The first-order valence-electron chi connectivity index (χ1n) is 5.24. The van der Waals surface area contributed by atoms with Crippen LogP contribution in [0, 0.1) is 34.1 Å². The van der Waals surface area contributed by atoms with E-state index in [4.69, 9.17) is 0 Å². The smallest absolute Gasteiger partial charge is 0.258 e. The molecule has 0 N–H and O–H groups in total. The number of non-ortho nitro benzene ring substituents is 1. The highest BCUT2D eigenvalue weighted by atomic mass is 16.6. The largest absolute Gasteiger partial charge is 0.287 e. The summed E-state index contributed by atoms with van der Waals surface area (Å²) in [6, 6.07) is 6.32. The van der Waals surface area contributed by atoms with E-state index in [0.29, 0.717) is 16.5 Å². The Balaban J connectivity index is 3.03. The van der Waals surface area contributed by atoms with Crippen LogP contribution < -0.4 is 0 Å². The number of nitro groups is 2. The summed E-state index contributed by atoms with van der Waals surface area (Å²) in [5, 5.41) is 22.7. The SMILES string of the molecule is Cc1cc([N+](=O)[O-])c2c([N+](=O)[O-])c(C)ccc2c1. The van der Waals surface area contributed by atoms with E-state index in [2.05, 4.69) is 0 Å². The highest BCUT2D eigenvalue weighted by molar-refractivity contribution is 5.99. The molecule has 0 aliphatic heterocycles. The maximum absolute atomic E-state index is 11.1. The van der Waals surface area contributed by atoms with Crippen molar-refractivity contribution in [1.82, 2.24) is 0 Å². The van der Waals surface area contributed by atoms with E-state index in [1.54, 1.807) is 32.0 Å². The van der Waals surface area contributed by atoms with E-state index >= 15 is 0 Å². The molecule has 0 aromatic heterocycles. The second-order valence-corrected chi connectivity index (χ2v) is 4.13. The number of hydrogen-bond donors (Lipinski definition) is 0. The van der Waals surface area contributed by atoms with Gasteiger partial charge >= 0.3 is 0 Å². The molecule has 6 heteroatoms. The number of rotatable bonds is 2. The number of aryl methyl sites for hydroxylation is 2. The van der Waals surface area contributed by atoms with E-state index in [1.807, 2.05) is 0 Å². The summed E-state index contributed by atoms with van der Waals surface area (Å²) in [6.45, 7) is 3.29. The molecule has 92 valence electrons. The average molecular weight is 246 g/mol. The first-order valence-corrected chi connectivity index (χ1v) is 5.24. The van der Waals surface area contributed by atoms with Crippen molar-refractivity contribution >= 4 is 22.1 Å². The maximum Gasteiger partial charge on any atom is 0.287 e. The Morgan fingerprint density at radius 1 is 1.00 bits per heavy atom. The van der Waals surface area contributed by atoms with Gasteiger partial charge < -0.3 is 0 Å². The van der Waals surface area contributed by atoms with Crippen LogP contribution in [-0.4, -0.2) is 9.85 Å². The van der Waals surface area contributed by atoms with Crippen molar-refractivity contribution in [3.8, 4) is 0 Å². The van der Waals surface area contributed by atoms with Crippen molar-refractivity contribution < 1.29 is 9.85 Å². The lowest BCUT2D eigenvalue weighted by Gasteiger charge is -2.05. The van der Waals surface area contributed by atoms with Crippen LogP contribution in [0.4, 0.5) is 11.4 Å². The van der Waals surface area contributed by atoms with E-state index < -0.39 is 9.85 Å². The molecule has 2 aromatic carbocycles. The predicted molar refractivity (Wildman–Crippen MR) is 66.7 cm³/mol. The van der Waals surface area contributed by atoms with Crippen molar-refractivity contribution in [2.45, 2.75) is 13.8 Å². The van der Waals surface area contributed by atoms with Crippen molar-refractivity contribution in [3.63, 3.8) is 0 Å². The Hall–Kier alpha value is -2.50. The number of fused-ring (bicyclic) bond motifs is 1. The molecule has 0 spiro atoms. The zero-order valence-corrected chi connectivity index (χ0v) is 9.84. The monoisotopic (exact) mass is 246 g/mol. The summed E-state index contributed by atoms with van der Waals surface area (Å²) in [7, 11) is 0. The molecule has 0 saturated heterocycles. The lowest BCUT2D eigenvalue weighted by Crippen LogP contribution is -1.97. The second-order valence-electron chi connectivity index (χ2n) is 4.13. The molecule has 0 amide bonds. The van der Waals surface area contributed by atoms with Gasteiger partial charge in [-0.1, -0.05) is 18.2 Å². The summed E-state index contributed by atoms with van der Waals surface area (Å²) in [5.41, 5.74) is 0.700. The fourth-order valence-corrected chi connectivity index (χ4v) is 2.05. The Bertz CT molecular complexity index is 679. The number of nitro benzene ring substituents is 2. The lowest BCUT2D eigenvalue weighted by molar-refractivity contribution is -0.390. The van der Waals surface area contributed by atoms with E-state index in [0.717, 1.165) is 0 Å². The van der Waals surface area contributed by atoms with Gasteiger partial charge in [-0.25, -0.2) is 0 Å². The molecule has 0 fully saturated rings. The molecular formula is C12H10N2O4. The summed E-state index contributed by atoms with van der Waals surface area (Å²) in [5.74, 6) is 0. The van der Waals surface area contributed by atoms with E-state index in [-0.39, 0.29) is 16.8 Å². The number of nitrogens with zero attached hydrogens (tertiary/aromatic N) is 2. The fraction of sp³-hybridized carbons (Fsp3) is 0.167. The first kappa shape index (κ1) is 12.0. The Kier molecular flexibility index (Phi) is 2.70. The zero-order chi connectivity index (χ0) is 13.4. The molecule has 0 radical (unpaired) electrons. The minimum atomic E-state index is -0.582. The zero-order valence-electron chi connectivity index (χ0n) is 9.84. The fourth-order valence-electron chi connectivity index (χ4n) is 2.05. The minimum absolute atomic E-state index is 0.0931. The summed E-state index contributed by atoms with van der Waals surface area (Å²) in [4.78, 5) is 21.0. The van der Waals surface area contributed by atoms with Crippen LogP contribution in [0.5, 0.6) is 0 Å². The van der Waals surface area contributed by atoms with Gasteiger partial charge in [-0.3, -0.25) is 20.2 Å². The first-order chi connectivity index (χ1) is 8.41. The van der Waals surface area contributed by atoms with Crippen LogP contribution in [0.1, 0.15) is 11.1 Å². The van der Waals surface area contributed by atoms with Crippen LogP contribution in [0.15, 0.2) is 24.3 Å². The Morgan fingerprint density at radius 3 is 2.22 bits per heavy atom. The topological polar surface area (TPSA) is 86.3 Å². The van der Waals surface area contributed by atoms with Crippen molar-refractivity contribution in [2.24, 2.45) is 0 Å². The predicted octanol–water partition coefficient (Wildman–Crippen LogP) is 3.27. The highest BCUT2D eigenvalue weighted by Crippen LogP contribution is 2.36. The molecule has 0 saturated carbocycles. The molecular weight excluding hydrogens is 236 g/mol. The van der Waals surface area contributed by atoms with Gasteiger partial charge in [-0.15, -0.1) is 0 Å². The van der Waals surface area contributed by atoms with Crippen molar-refractivity contribution in [1.29, 1.82) is 0 Å². The van der Waals surface area contributed by atoms with Crippen molar-refractivity contribution in [3.05, 3.63) is 55.6 Å². The van der Waals surface area contributed by atoms with Gasteiger partial charge in [0.2, 0.25) is 0 Å². The molecule has 18 heavy (non-hydrogen) atoms. The normalized spacial score (nSPS) is 10.6. The van der Waals surface area contributed by atoms with Crippen LogP contribution >= 0.6 is 0 Å². The molecule has 2 aromatic rings. The molecule has 0 aliphatic carbocycles. The van der Waals surface area contributed by atoms with Crippen LogP contribution in [-0.2, 0) is 0 Å². The van der Waals surface area contributed by atoms with Crippen LogP contribution in [0.3, 0.4) is 0 Å². The third kappa shape index (κ3) is 1.77. The Morgan fingerprint density at radius 2 is 1.67 bits per heavy atom. The van der Waals surface area contributed by atoms with E-state index in [1.165, 1.54) is 6.07 Å². The molecule has 0 bridgehead atoms. The van der Waals surface area contributed by atoms with Gasteiger partial charge in [0, 0.05) is 11.6 Å².